The number of ether oxygens (including phenoxy) is 2. The summed E-state index contributed by atoms with van der Waals surface area (Å²) in [4.78, 5) is 13.1. The smallest absolute Gasteiger partial charge is 0.243 e. The van der Waals surface area contributed by atoms with Crippen molar-refractivity contribution in [1.82, 2.24) is 9.62 Å². The monoisotopic (exact) mass is 444 g/mol. The zero-order valence-electron chi connectivity index (χ0n) is 17.8. The van der Waals surface area contributed by atoms with Crippen molar-refractivity contribution in [3.05, 3.63) is 53.6 Å². The van der Waals surface area contributed by atoms with Gasteiger partial charge in [0.1, 0.15) is 13.2 Å². The van der Waals surface area contributed by atoms with E-state index < -0.39 is 10.0 Å². The van der Waals surface area contributed by atoms with E-state index >= 15 is 0 Å². The second kappa shape index (κ2) is 8.88. The molecule has 1 amide bonds. The molecule has 2 aliphatic heterocycles. The average Bonchev–Trinajstić information content (AvgIpc) is 2.79. The summed E-state index contributed by atoms with van der Waals surface area (Å²) in [6.45, 7) is 5.59. The summed E-state index contributed by atoms with van der Waals surface area (Å²) in [5, 5.41) is 3.06. The lowest BCUT2D eigenvalue weighted by Crippen LogP contribution is -2.43. The normalized spacial score (nSPS) is 18.4. The average molecular weight is 445 g/mol. The highest BCUT2D eigenvalue weighted by Gasteiger charge is 2.32. The molecule has 7 nitrogen and oxygen atoms in total. The van der Waals surface area contributed by atoms with Crippen molar-refractivity contribution in [1.29, 1.82) is 0 Å². The van der Waals surface area contributed by atoms with E-state index in [2.05, 4.69) is 5.32 Å². The Bertz CT molecular complexity index is 1040. The van der Waals surface area contributed by atoms with Crippen LogP contribution in [0.1, 0.15) is 36.9 Å². The fourth-order valence-electron chi connectivity index (χ4n) is 3.96. The lowest BCUT2D eigenvalue weighted by molar-refractivity contribution is -0.126. The van der Waals surface area contributed by atoms with E-state index in [9.17, 15) is 13.2 Å². The van der Waals surface area contributed by atoms with Crippen molar-refractivity contribution in [2.24, 2.45) is 5.92 Å². The Kier molecular flexibility index (Phi) is 6.20. The van der Waals surface area contributed by atoms with Gasteiger partial charge in [-0.1, -0.05) is 23.8 Å². The highest BCUT2D eigenvalue weighted by atomic mass is 32.2. The van der Waals surface area contributed by atoms with E-state index in [0.717, 1.165) is 16.9 Å². The molecule has 1 saturated heterocycles. The molecule has 1 fully saturated rings. The van der Waals surface area contributed by atoms with Crippen LogP contribution >= 0.6 is 0 Å². The van der Waals surface area contributed by atoms with E-state index in [1.165, 1.54) is 4.31 Å². The van der Waals surface area contributed by atoms with Gasteiger partial charge in [0.25, 0.3) is 0 Å². The van der Waals surface area contributed by atoms with Crippen molar-refractivity contribution in [2.45, 2.75) is 37.6 Å². The molecule has 2 aliphatic rings. The molecule has 0 saturated carbocycles. The van der Waals surface area contributed by atoms with Crippen LogP contribution in [0.4, 0.5) is 0 Å². The Balaban J connectivity index is 1.34. The largest absolute Gasteiger partial charge is 0.486 e. The number of hydrogen-bond donors (Lipinski definition) is 1. The lowest BCUT2D eigenvalue weighted by atomic mass is 9.96. The molecule has 2 aromatic carbocycles. The molecule has 0 radical (unpaired) electrons. The number of carbonyl (C=O) groups is 1. The van der Waals surface area contributed by atoms with Crippen LogP contribution in [0, 0.1) is 12.8 Å². The number of nitrogens with zero attached hydrogens (tertiary/aromatic N) is 1. The van der Waals surface area contributed by atoms with Gasteiger partial charge in [-0.15, -0.1) is 0 Å². The second-order valence-corrected chi connectivity index (χ2v) is 10.1. The molecule has 2 heterocycles. The van der Waals surface area contributed by atoms with Gasteiger partial charge in [-0.2, -0.15) is 4.31 Å². The molecule has 1 atom stereocenters. The van der Waals surface area contributed by atoms with Crippen molar-refractivity contribution < 1.29 is 22.7 Å². The lowest BCUT2D eigenvalue weighted by Gasteiger charge is -2.31. The van der Waals surface area contributed by atoms with Crippen LogP contribution in [0.2, 0.25) is 0 Å². The predicted octanol–water partition coefficient (Wildman–Crippen LogP) is 3.04. The first-order valence-corrected chi connectivity index (χ1v) is 12.1. The highest BCUT2D eigenvalue weighted by Crippen LogP contribution is 2.33. The molecule has 4 rings (SSSR count). The van der Waals surface area contributed by atoms with Crippen LogP contribution in [-0.2, 0) is 14.8 Å². The number of benzene rings is 2. The van der Waals surface area contributed by atoms with Crippen LogP contribution in [-0.4, -0.2) is 44.9 Å². The standard InChI is InChI=1S/C23H28N2O5S/c1-16-3-6-20(7-4-16)31(27,28)25-11-9-18(10-12-25)23(26)24-17(2)19-5-8-21-22(15-19)30-14-13-29-21/h3-8,15,17-18H,9-14H2,1-2H3,(H,24,26)/t17-/m0/s1. The van der Waals surface area contributed by atoms with Crippen molar-refractivity contribution in [3.63, 3.8) is 0 Å². The van der Waals surface area contributed by atoms with Crippen LogP contribution < -0.4 is 14.8 Å². The van der Waals surface area contributed by atoms with Gasteiger partial charge >= 0.3 is 0 Å². The SMILES string of the molecule is Cc1ccc(S(=O)(=O)N2CCC(C(=O)N[C@@H](C)c3ccc4c(c3)OCCO4)CC2)cc1. The summed E-state index contributed by atoms with van der Waals surface area (Å²) >= 11 is 0. The van der Waals surface area contributed by atoms with Gasteiger partial charge in [0, 0.05) is 19.0 Å². The first-order chi connectivity index (χ1) is 14.8. The van der Waals surface area contributed by atoms with Crippen LogP contribution in [0.25, 0.3) is 0 Å². The van der Waals surface area contributed by atoms with Crippen molar-refractivity contribution in [2.75, 3.05) is 26.3 Å². The quantitative estimate of drug-likeness (QED) is 0.766. The Hall–Kier alpha value is -2.58. The molecule has 0 spiro atoms. The van der Waals surface area contributed by atoms with Crippen molar-refractivity contribution in [3.8, 4) is 11.5 Å². The van der Waals surface area contributed by atoms with Gasteiger partial charge in [-0.25, -0.2) is 8.42 Å². The highest BCUT2D eigenvalue weighted by molar-refractivity contribution is 7.89. The predicted molar refractivity (Wildman–Crippen MR) is 117 cm³/mol. The van der Waals surface area contributed by atoms with Crippen LogP contribution in [0.5, 0.6) is 11.5 Å². The zero-order valence-corrected chi connectivity index (χ0v) is 18.7. The maximum absolute atomic E-state index is 12.9. The van der Waals surface area contributed by atoms with Gasteiger partial charge in [0.05, 0.1) is 10.9 Å². The summed E-state index contributed by atoms with van der Waals surface area (Å²) in [7, 11) is -3.53. The first kappa shape index (κ1) is 21.6. The molecule has 0 aliphatic carbocycles. The Morgan fingerprint density at radius 2 is 1.68 bits per heavy atom. The third kappa shape index (κ3) is 4.70. The molecule has 0 bridgehead atoms. The Morgan fingerprint density at radius 3 is 2.35 bits per heavy atom. The minimum Gasteiger partial charge on any atom is -0.486 e. The number of sulfonamides is 1. The van der Waals surface area contributed by atoms with Gasteiger partial charge in [-0.3, -0.25) is 4.79 Å². The summed E-state index contributed by atoms with van der Waals surface area (Å²) in [6.07, 6.45) is 1.01. The van der Waals surface area contributed by atoms with Crippen LogP contribution in [0.3, 0.4) is 0 Å². The van der Waals surface area contributed by atoms with E-state index in [0.29, 0.717) is 49.8 Å². The molecule has 0 aromatic heterocycles. The number of amides is 1. The fraction of sp³-hybridized carbons (Fsp3) is 0.435. The van der Waals surface area contributed by atoms with Gasteiger partial charge < -0.3 is 14.8 Å². The number of rotatable bonds is 5. The molecule has 8 heteroatoms. The fourth-order valence-corrected chi connectivity index (χ4v) is 5.43. The molecular formula is C23H28N2O5S. The maximum Gasteiger partial charge on any atom is 0.243 e. The molecule has 0 unspecified atom stereocenters. The molecular weight excluding hydrogens is 416 g/mol. The maximum atomic E-state index is 12.9. The Morgan fingerprint density at radius 1 is 1.03 bits per heavy atom. The third-order valence-corrected chi connectivity index (χ3v) is 7.82. The summed E-state index contributed by atoms with van der Waals surface area (Å²) in [5.41, 5.74) is 1.96. The summed E-state index contributed by atoms with van der Waals surface area (Å²) in [6, 6.07) is 12.4. The minimum absolute atomic E-state index is 0.0465. The van der Waals surface area contributed by atoms with E-state index in [-0.39, 0.29) is 17.9 Å². The first-order valence-electron chi connectivity index (χ1n) is 10.6. The third-order valence-electron chi connectivity index (χ3n) is 5.91. The molecule has 1 N–H and O–H groups in total. The second-order valence-electron chi connectivity index (χ2n) is 8.12. The molecule has 2 aromatic rings. The number of fused-ring (bicyclic) bond motifs is 1. The van der Waals surface area contributed by atoms with Gasteiger partial charge in [-0.05, 0) is 56.5 Å². The summed E-state index contributed by atoms with van der Waals surface area (Å²) < 4.78 is 38.4. The molecule has 31 heavy (non-hydrogen) atoms. The number of aryl methyl sites for hydroxylation is 1. The van der Waals surface area contributed by atoms with E-state index in [1.807, 2.05) is 32.0 Å². The van der Waals surface area contributed by atoms with Gasteiger partial charge in [0.2, 0.25) is 15.9 Å². The summed E-state index contributed by atoms with van der Waals surface area (Å²) in [5.74, 6) is 1.16. The van der Waals surface area contributed by atoms with E-state index in [4.69, 9.17) is 9.47 Å². The van der Waals surface area contributed by atoms with Crippen LogP contribution in [0.15, 0.2) is 47.4 Å². The number of piperidine rings is 1. The number of carbonyl (C=O) groups excluding carboxylic acids is 1. The van der Waals surface area contributed by atoms with Crippen molar-refractivity contribution >= 4 is 15.9 Å². The Labute approximate surface area is 183 Å². The number of nitrogens with one attached hydrogen (secondary N) is 1. The van der Waals surface area contributed by atoms with E-state index in [1.54, 1.807) is 24.3 Å². The molecule has 166 valence electrons. The topological polar surface area (TPSA) is 84.9 Å². The zero-order chi connectivity index (χ0) is 22.0. The number of hydrogen-bond acceptors (Lipinski definition) is 5. The minimum atomic E-state index is -3.53. The van der Waals surface area contributed by atoms with Gasteiger partial charge in [0.15, 0.2) is 11.5 Å².